The lowest BCUT2D eigenvalue weighted by Crippen LogP contribution is -2.06. The smallest absolute Gasteiger partial charge is 0.337 e. The van der Waals surface area contributed by atoms with Crippen LogP contribution in [0.5, 0.6) is 0 Å². The summed E-state index contributed by atoms with van der Waals surface area (Å²) < 4.78 is 18.4. The average molecular weight is 308 g/mol. The van der Waals surface area contributed by atoms with Crippen molar-refractivity contribution in [2.45, 2.75) is 13.5 Å². The summed E-state index contributed by atoms with van der Waals surface area (Å²) in [5, 5.41) is 3.65. The maximum Gasteiger partial charge on any atom is 0.337 e. The third-order valence-electron chi connectivity index (χ3n) is 3.16. The van der Waals surface area contributed by atoms with E-state index in [2.05, 4.69) is 10.1 Å². The molecular formula is C16H15ClFNO2. The summed E-state index contributed by atoms with van der Waals surface area (Å²) in [6, 6.07) is 9.58. The Morgan fingerprint density at radius 3 is 2.71 bits per heavy atom. The molecule has 0 aliphatic carbocycles. The van der Waals surface area contributed by atoms with Crippen molar-refractivity contribution in [1.82, 2.24) is 0 Å². The molecule has 110 valence electrons. The standard InChI is InChI=1S/C16H15ClFNO2/c1-10-7-13(17)5-3-12(10)9-19-15-8-11(16(20)21-2)4-6-14(15)18/h3-8,19H,9H2,1-2H3. The van der Waals surface area contributed by atoms with Gasteiger partial charge in [-0.05, 0) is 48.4 Å². The van der Waals surface area contributed by atoms with Gasteiger partial charge in [-0.1, -0.05) is 17.7 Å². The molecule has 0 aliphatic rings. The molecule has 0 unspecified atom stereocenters. The quantitative estimate of drug-likeness (QED) is 0.861. The zero-order valence-corrected chi connectivity index (χ0v) is 12.5. The number of carbonyl (C=O) groups is 1. The van der Waals surface area contributed by atoms with Crippen LogP contribution < -0.4 is 5.32 Å². The Hall–Kier alpha value is -2.07. The van der Waals surface area contributed by atoms with Gasteiger partial charge in [-0.25, -0.2) is 9.18 Å². The molecule has 0 heterocycles. The number of aryl methyl sites for hydroxylation is 1. The lowest BCUT2D eigenvalue weighted by Gasteiger charge is -2.11. The maximum absolute atomic E-state index is 13.8. The molecule has 0 saturated carbocycles. The predicted octanol–water partition coefficient (Wildman–Crippen LogP) is 4.19. The van der Waals surface area contributed by atoms with Crippen molar-refractivity contribution < 1.29 is 13.9 Å². The average Bonchev–Trinajstić information content (AvgIpc) is 2.47. The summed E-state index contributed by atoms with van der Waals surface area (Å²) >= 11 is 5.90. The molecule has 1 N–H and O–H groups in total. The van der Waals surface area contributed by atoms with E-state index >= 15 is 0 Å². The Labute approximate surface area is 127 Å². The van der Waals surface area contributed by atoms with Gasteiger partial charge in [0, 0.05) is 11.6 Å². The van der Waals surface area contributed by atoms with Crippen LogP contribution in [0, 0.1) is 12.7 Å². The molecule has 0 spiro atoms. The van der Waals surface area contributed by atoms with Crippen LogP contribution in [0.2, 0.25) is 5.02 Å². The van der Waals surface area contributed by atoms with E-state index in [1.165, 1.54) is 25.3 Å². The molecule has 21 heavy (non-hydrogen) atoms. The van der Waals surface area contributed by atoms with Crippen molar-refractivity contribution in [3.63, 3.8) is 0 Å². The van der Waals surface area contributed by atoms with Gasteiger partial charge < -0.3 is 10.1 Å². The number of nitrogens with one attached hydrogen (secondary N) is 1. The third kappa shape index (κ3) is 3.73. The van der Waals surface area contributed by atoms with Gasteiger partial charge in [0.05, 0.1) is 18.4 Å². The SMILES string of the molecule is COC(=O)c1ccc(F)c(NCc2ccc(Cl)cc2C)c1. The molecule has 0 radical (unpaired) electrons. The minimum absolute atomic E-state index is 0.257. The van der Waals surface area contributed by atoms with Crippen LogP contribution in [0.3, 0.4) is 0 Å². The molecule has 0 aromatic heterocycles. The van der Waals surface area contributed by atoms with Gasteiger partial charge in [-0.2, -0.15) is 0 Å². The molecule has 3 nitrogen and oxygen atoms in total. The van der Waals surface area contributed by atoms with Crippen molar-refractivity contribution in [3.05, 3.63) is 63.9 Å². The summed E-state index contributed by atoms with van der Waals surface area (Å²) in [6.45, 7) is 2.37. The predicted molar refractivity (Wildman–Crippen MR) is 81.3 cm³/mol. The van der Waals surface area contributed by atoms with Crippen molar-refractivity contribution in [3.8, 4) is 0 Å². The van der Waals surface area contributed by atoms with Gasteiger partial charge in [-0.15, -0.1) is 0 Å². The Morgan fingerprint density at radius 1 is 1.29 bits per heavy atom. The number of hydrogen-bond acceptors (Lipinski definition) is 3. The van der Waals surface area contributed by atoms with E-state index in [9.17, 15) is 9.18 Å². The Balaban J connectivity index is 2.17. The Morgan fingerprint density at radius 2 is 2.05 bits per heavy atom. The number of carbonyl (C=O) groups excluding carboxylic acids is 1. The van der Waals surface area contributed by atoms with Crippen LogP contribution in [0.15, 0.2) is 36.4 Å². The largest absolute Gasteiger partial charge is 0.465 e. The topological polar surface area (TPSA) is 38.3 Å². The molecule has 2 aromatic rings. The van der Waals surface area contributed by atoms with E-state index in [1.807, 2.05) is 19.1 Å². The molecule has 0 saturated heterocycles. The first-order chi connectivity index (χ1) is 10.0. The first-order valence-corrected chi connectivity index (χ1v) is 6.76. The number of halogens is 2. The van der Waals surface area contributed by atoms with Gasteiger partial charge in [0.2, 0.25) is 0 Å². The fourth-order valence-corrected chi connectivity index (χ4v) is 2.18. The van der Waals surface area contributed by atoms with Crippen LogP contribution in [0.4, 0.5) is 10.1 Å². The van der Waals surface area contributed by atoms with Crippen molar-refractivity contribution >= 4 is 23.3 Å². The molecule has 5 heteroatoms. The van der Waals surface area contributed by atoms with Gasteiger partial charge in [0.25, 0.3) is 0 Å². The van der Waals surface area contributed by atoms with Gasteiger partial charge in [0.15, 0.2) is 0 Å². The fraction of sp³-hybridized carbons (Fsp3) is 0.188. The highest BCUT2D eigenvalue weighted by atomic mass is 35.5. The Kier molecular flexibility index (Phi) is 4.81. The summed E-state index contributed by atoms with van der Waals surface area (Å²) in [5.74, 6) is -0.921. The normalized spacial score (nSPS) is 10.3. The zero-order valence-electron chi connectivity index (χ0n) is 11.7. The third-order valence-corrected chi connectivity index (χ3v) is 3.40. The summed E-state index contributed by atoms with van der Waals surface area (Å²) in [5.41, 5.74) is 2.57. The number of benzene rings is 2. The van der Waals surface area contributed by atoms with E-state index < -0.39 is 11.8 Å². The summed E-state index contributed by atoms with van der Waals surface area (Å²) in [4.78, 5) is 11.5. The molecule has 0 atom stereocenters. The second-order valence-electron chi connectivity index (χ2n) is 4.61. The summed E-state index contributed by atoms with van der Waals surface area (Å²) in [7, 11) is 1.29. The van der Waals surface area contributed by atoms with Gasteiger partial charge in [0.1, 0.15) is 5.82 Å². The maximum atomic E-state index is 13.8. The van der Waals surface area contributed by atoms with Gasteiger partial charge >= 0.3 is 5.97 Å². The monoisotopic (exact) mass is 307 g/mol. The number of methoxy groups -OCH3 is 1. The van der Waals surface area contributed by atoms with Crippen LogP contribution in [0.1, 0.15) is 21.5 Å². The van der Waals surface area contributed by atoms with Crippen LogP contribution in [-0.4, -0.2) is 13.1 Å². The van der Waals surface area contributed by atoms with Crippen molar-refractivity contribution in [2.24, 2.45) is 0 Å². The highest BCUT2D eigenvalue weighted by molar-refractivity contribution is 6.30. The minimum Gasteiger partial charge on any atom is -0.465 e. The van der Waals surface area contributed by atoms with Crippen LogP contribution >= 0.6 is 11.6 Å². The highest BCUT2D eigenvalue weighted by Gasteiger charge is 2.10. The van der Waals surface area contributed by atoms with Gasteiger partial charge in [-0.3, -0.25) is 0 Å². The van der Waals surface area contributed by atoms with E-state index in [4.69, 9.17) is 11.6 Å². The van der Waals surface area contributed by atoms with Crippen LogP contribution in [-0.2, 0) is 11.3 Å². The Bertz CT molecular complexity index is 673. The van der Waals surface area contributed by atoms with E-state index in [0.29, 0.717) is 17.1 Å². The van der Waals surface area contributed by atoms with E-state index in [-0.39, 0.29) is 5.69 Å². The lowest BCUT2D eigenvalue weighted by atomic mass is 10.1. The first-order valence-electron chi connectivity index (χ1n) is 6.38. The molecule has 0 fully saturated rings. The lowest BCUT2D eigenvalue weighted by molar-refractivity contribution is 0.0600. The highest BCUT2D eigenvalue weighted by Crippen LogP contribution is 2.20. The van der Waals surface area contributed by atoms with E-state index in [0.717, 1.165) is 11.1 Å². The fourth-order valence-electron chi connectivity index (χ4n) is 1.95. The van der Waals surface area contributed by atoms with Crippen molar-refractivity contribution in [1.29, 1.82) is 0 Å². The number of rotatable bonds is 4. The molecule has 0 aliphatic heterocycles. The number of anilines is 1. The summed E-state index contributed by atoms with van der Waals surface area (Å²) in [6.07, 6.45) is 0. The molecule has 0 bridgehead atoms. The molecule has 2 aromatic carbocycles. The molecule has 2 rings (SSSR count). The number of ether oxygens (including phenoxy) is 1. The first kappa shape index (κ1) is 15.3. The molecule has 0 amide bonds. The van der Waals surface area contributed by atoms with Crippen molar-refractivity contribution in [2.75, 3.05) is 12.4 Å². The second-order valence-corrected chi connectivity index (χ2v) is 5.05. The number of esters is 1. The zero-order chi connectivity index (χ0) is 15.4. The van der Waals surface area contributed by atoms with E-state index in [1.54, 1.807) is 6.07 Å². The van der Waals surface area contributed by atoms with Crippen LogP contribution in [0.25, 0.3) is 0 Å². The second kappa shape index (κ2) is 6.59. The minimum atomic E-state index is -0.499. The number of hydrogen-bond donors (Lipinski definition) is 1. The molecular weight excluding hydrogens is 293 g/mol.